The Balaban J connectivity index is 1.83. The first kappa shape index (κ1) is 11.6. The highest BCUT2D eigenvalue weighted by Crippen LogP contribution is 2.34. The summed E-state index contributed by atoms with van der Waals surface area (Å²) in [4.78, 5) is 4.00. The highest BCUT2D eigenvalue weighted by atomic mass is 16.5. The molecule has 102 valence electrons. The molecule has 1 N–H and O–H groups in total. The zero-order valence-electron chi connectivity index (χ0n) is 10.7. The van der Waals surface area contributed by atoms with Gasteiger partial charge in [0.1, 0.15) is 0 Å². The lowest BCUT2D eigenvalue weighted by molar-refractivity contribution is 0.394. The number of fused-ring (bicyclic) bond motifs is 2. The fourth-order valence-corrected chi connectivity index (χ4v) is 2.13. The standard InChI is InChI=1S/C14H9N5O2/c20-11-5-9-3-1-2-4-10(9)6-12(11)21-14-8-15-7-13-16-17-18-19(13)14/h1-8,20H. The number of hydrogen-bond acceptors (Lipinski definition) is 6. The smallest absolute Gasteiger partial charge is 0.242 e. The highest BCUT2D eigenvalue weighted by Gasteiger charge is 2.10. The van der Waals surface area contributed by atoms with Gasteiger partial charge in [-0.05, 0) is 33.3 Å². The van der Waals surface area contributed by atoms with E-state index in [9.17, 15) is 5.11 Å². The van der Waals surface area contributed by atoms with Crippen LogP contribution in [-0.2, 0) is 0 Å². The first-order valence-corrected chi connectivity index (χ1v) is 6.23. The lowest BCUT2D eigenvalue weighted by atomic mass is 10.1. The quantitative estimate of drug-likeness (QED) is 0.605. The molecule has 2 aromatic carbocycles. The van der Waals surface area contributed by atoms with Gasteiger partial charge in [0.25, 0.3) is 0 Å². The normalized spacial score (nSPS) is 11.0. The summed E-state index contributed by atoms with van der Waals surface area (Å²) in [7, 11) is 0. The molecule has 7 heteroatoms. The Bertz CT molecular complexity index is 950. The van der Waals surface area contributed by atoms with Gasteiger partial charge in [-0.3, -0.25) is 4.98 Å². The molecule has 0 unspecified atom stereocenters. The van der Waals surface area contributed by atoms with Crippen LogP contribution < -0.4 is 4.74 Å². The van der Waals surface area contributed by atoms with E-state index in [2.05, 4.69) is 20.5 Å². The second kappa shape index (κ2) is 4.41. The molecule has 0 aliphatic heterocycles. The van der Waals surface area contributed by atoms with Gasteiger partial charge in [-0.15, -0.1) is 5.10 Å². The van der Waals surface area contributed by atoms with Crippen LogP contribution >= 0.6 is 0 Å². The number of nitrogens with zero attached hydrogens (tertiary/aromatic N) is 5. The molecule has 21 heavy (non-hydrogen) atoms. The molecule has 0 fully saturated rings. The first-order chi connectivity index (χ1) is 10.3. The molecule has 2 heterocycles. The van der Waals surface area contributed by atoms with Crippen LogP contribution in [0.1, 0.15) is 0 Å². The molecule has 0 spiro atoms. The lowest BCUT2D eigenvalue weighted by Gasteiger charge is -2.09. The summed E-state index contributed by atoms with van der Waals surface area (Å²) in [6, 6.07) is 11.1. The van der Waals surface area contributed by atoms with Gasteiger partial charge in [0.15, 0.2) is 11.5 Å². The van der Waals surface area contributed by atoms with Gasteiger partial charge in [0, 0.05) is 0 Å². The summed E-state index contributed by atoms with van der Waals surface area (Å²) in [5, 5.41) is 23.1. The average Bonchev–Trinajstić information content (AvgIpc) is 2.97. The number of aromatic nitrogens is 5. The molecule has 2 aromatic heterocycles. The zero-order valence-corrected chi connectivity index (χ0v) is 10.7. The predicted octanol–water partition coefficient (Wildman–Crippen LogP) is 2.17. The summed E-state index contributed by atoms with van der Waals surface area (Å²) in [6.45, 7) is 0. The predicted molar refractivity (Wildman–Crippen MR) is 74.3 cm³/mol. The van der Waals surface area contributed by atoms with Crippen molar-refractivity contribution in [1.82, 2.24) is 25.0 Å². The largest absolute Gasteiger partial charge is 0.504 e. The van der Waals surface area contributed by atoms with Crippen molar-refractivity contribution in [3.63, 3.8) is 0 Å². The molecule has 0 atom stereocenters. The third kappa shape index (κ3) is 1.91. The Labute approximate surface area is 118 Å². The third-order valence-electron chi connectivity index (χ3n) is 3.12. The molecule has 0 bridgehead atoms. The maximum absolute atomic E-state index is 10.1. The van der Waals surface area contributed by atoms with Crippen LogP contribution in [0.25, 0.3) is 16.4 Å². The van der Waals surface area contributed by atoms with Gasteiger partial charge in [-0.2, -0.15) is 4.52 Å². The van der Waals surface area contributed by atoms with Crippen LogP contribution in [0.2, 0.25) is 0 Å². The summed E-state index contributed by atoms with van der Waals surface area (Å²) < 4.78 is 7.10. The number of benzene rings is 2. The number of phenolic OH excluding ortho intramolecular Hbond substituents is 1. The molecule has 0 amide bonds. The van der Waals surface area contributed by atoms with Gasteiger partial charge in [0.2, 0.25) is 11.5 Å². The third-order valence-corrected chi connectivity index (χ3v) is 3.12. The van der Waals surface area contributed by atoms with Crippen molar-refractivity contribution in [2.24, 2.45) is 0 Å². The number of rotatable bonds is 2. The van der Waals surface area contributed by atoms with Gasteiger partial charge >= 0.3 is 0 Å². The molecule has 0 saturated carbocycles. The van der Waals surface area contributed by atoms with Crippen molar-refractivity contribution in [2.75, 3.05) is 0 Å². The van der Waals surface area contributed by atoms with E-state index in [-0.39, 0.29) is 5.75 Å². The van der Waals surface area contributed by atoms with Gasteiger partial charge in [0.05, 0.1) is 12.4 Å². The Kier molecular flexibility index (Phi) is 2.43. The fourth-order valence-electron chi connectivity index (χ4n) is 2.13. The number of phenols is 1. The second-order valence-corrected chi connectivity index (χ2v) is 4.46. The molecule has 0 aliphatic rings. The number of hydrogen-bond donors (Lipinski definition) is 1. The molecular formula is C14H9N5O2. The molecule has 4 rings (SSSR count). The van der Waals surface area contributed by atoms with Crippen molar-refractivity contribution >= 4 is 16.4 Å². The topological polar surface area (TPSA) is 85.4 Å². The number of aromatic hydroxyl groups is 1. The van der Waals surface area contributed by atoms with Crippen LogP contribution in [0, 0.1) is 0 Å². The summed E-state index contributed by atoms with van der Waals surface area (Å²) in [5.74, 6) is 0.681. The minimum absolute atomic E-state index is 0.0405. The highest BCUT2D eigenvalue weighted by molar-refractivity contribution is 5.86. The van der Waals surface area contributed by atoms with E-state index < -0.39 is 0 Å². The van der Waals surface area contributed by atoms with E-state index in [0.717, 1.165) is 10.8 Å². The van der Waals surface area contributed by atoms with E-state index in [1.54, 1.807) is 12.1 Å². The monoisotopic (exact) mass is 279 g/mol. The Hall–Kier alpha value is -3.22. The van der Waals surface area contributed by atoms with Gasteiger partial charge in [-0.25, -0.2) is 0 Å². The molecule has 7 nitrogen and oxygen atoms in total. The SMILES string of the molecule is Oc1cc2ccccc2cc1Oc1cncc2nnnn12. The minimum atomic E-state index is 0.0405. The fraction of sp³-hybridized carbons (Fsp3) is 0. The van der Waals surface area contributed by atoms with Crippen molar-refractivity contribution in [3.05, 3.63) is 48.8 Å². The van der Waals surface area contributed by atoms with Gasteiger partial charge in [-0.1, -0.05) is 24.3 Å². The van der Waals surface area contributed by atoms with E-state index in [1.807, 2.05) is 24.3 Å². The number of ether oxygens (including phenoxy) is 1. The van der Waals surface area contributed by atoms with Crippen LogP contribution in [0.4, 0.5) is 0 Å². The molecule has 0 radical (unpaired) electrons. The Morgan fingerprint density at radius 1 is 1.05 bits per heavy atom. The maximum Gasteiger partial charge on any atom is 0.242 e. The lowest BCUT2D eigenvalue weighted by Crippen LogP contribution is -1.97. The van der Waals surface area contributed by atoms with Crippen LogP contribution in [0.5, 0.6) is 17.4 Å². The van der Waals surface area contributed by atoms with Crippen LogP contribution in [0.3, 0.4) is 0 Å². The molecular weight excluding hydrogens is 270 g/mol. The van der Waals surface area contributed by atoms with Crippen molar-refractivity contribution in [2.45, 2.75) is 0 Å². The summed E-state index contributed by atoms with van der Waals surface area (Å²) >= 11 is 0. The number of tetrazole rings is 1. The van der Waals surface area contributed by atoms with Crippen molar-refractivity contribution in [1.29, 1.82) is 0 Å². The Morgan fingerprint density at radius 2 is 1.86 bits per heavy atom. The second-order valence-electron chi connectivity index (χ2n) is 4.46. The zero-order chi connectivity index (χ0) is 14.2. The van der Waals surface area contributed by atoms with Crippen LogP contribution in [0.15, 0.2) is 48.8 Å². The van der Waals surface area contributed by atoms with Crippen molar-refractivity contribution < 1.29 is 9.84 Å². The van der Waals surface area contributed by atoms with Crippen LogP contribution in [-0.4, -0.2) is 30.1 Å². The first-order valence-electron chi connectivity index (χ1n) is 6.23. The molecule has 4 aromatic rings. The minimum Gasteiger partial charge on any atom is -0.504 e. The molecule has 0 saturated heterocycles. The van der Waals surface area contributed by atoms with E-state index in [4.69, 9.17) is 4.74 Å². The van der Waals surface area contributed by atoms with E-state index in [1.165, 1.54) is 16.9 Å². The van der Waals surface area contributed by atoms with E-state index >= 15 is 0 Å². The summed E-state index contributed by atoms with van der Waals surface area (Å²) in [5.41, 5.74) is 0.466. The summed E-state index contributed by atoms with van der Waals surface area (Å²) in [6.07, 6.45) is 3.01. The average molecular weight is 279 g/mol. The molecule has 0 aliphatic carbocycles. The van der Waals surface area contributed by atoms with Crippen molar-refractivity contribution in [3.8, 4) is 17.4 Å². The van der Waals surface area contributed by atoms with Gasteiger partial charge < -0.3 is 9.84 Å². The Morgan fingerprint density at radius 3 is 2.71 bits per heavy atom. The maximum atomic E-state index is 10.1. The van der Waals surface area contributed by atoms with E-state index in [0.29, 0.717) is 17.3 Å².